The van der Waals surface area contributed by atoms with Crippen molar-refractivity contribution in [1.82, 2.24) is 15.3 Å². The summed E-state index contributed by atoms with van der Waals surface area (Å²) in [5, 5.41) is 17.6. The molecule has 0 atom stereocenters. The van der Waals surface area contributed by atoms with Crippen LogP contribution >= 0.6 is 22.7 Å². The number of nitrogens with zero attached hydrogens (tertiary/aromatic N) is 2. The zero-order chi connectivity index (χ0) is 21.5. The monoisotopic (exact) mass is 448 g/mol. The maximum atomic E-state index is 12.1. The summed E-state index contributed by atoms with van der Waals surface area (Å²) in [4.78, 5) is 35.9. The van der Waals surface area contributed by atoms with Crippen molar-refractivity contribution in [3.63, 3.8) is 0 Å². The van der Waals surface area contributed by atoms with Crippen LogP contribution < -0.4 is 10.6 Å². The molecule has 154 valence electrons. The van der Waals surface area contributed by atoms with Gasteiger partial charge in [0, 0.05) is 17.4 Å². The Bertz CT molecular complexity index is 1360. The summed E-state index contributed by atoms with van der Waals surface area (Å²) in [6, 6.07) is 11.0. The second-order valence-corrected chi connectivity index (χ2v) is 9.08. The van der Waals surface area contributed by atoms with Gasteiger partial charge in [-0.1, -0.05) is 18.2 Å². The number of hydrogen-bond donors (Lipinski definition) is 3. The summed E-state index contributed by atoms with van der Waals surface area (Å²) in [5.74, 6) is 0.355. The smallest absolute Gasteiger partial charge is 0.274 e. The second-order valence-electron chi connectivity index (χ2n) is 7.05. The molecule has 0 radical (unpaired) electrons. The van der Waals surface area contributed by atoms with Gasteiger partial charge in [0.2, 0.25) is 0 Å². The number of nitrogens with one attached hydrogen (secondary N) is 2. The van der Waals surface area contributed by atoms with E-state index in [0.717, 1.165) is 31.1 Å². The van der Waals surface area contributed by atoms with Gasteiger partial charge >= 0.3 is 0 Å². The van der Waals surface area contributed by atoms with Gasteiger partial charge in [-0.15, -0.1) is 22.7 Å². The van der Waals surface area contributed by atoms with Crippen molar-refractivity contribution >= 4 is 50.5 Å². The summed E-state index contributed by atoms with van der Waals surface area (Å²) in [6.07, 6.45) is 1.92. The van der Waals surface area contributed by atoms with Crippen LogP contribution in [0.5, 0.6) is 5.75 Å². The quantitative estimate of drug-likeness (QED) is 0.399. The number of fused-ring (bicyclic) bond motifs is 1. The maximum absolute atomic E-state index is 12.1. The minimum absolute atomic E-state index is 0.160. The highest BCUT2D eigenvalue weighted by Crippen LogP contribution is 2.37. The first-order chi connectivity index (χ1) is 15.0. The molecule has 3 aromatic heterocycles. The molecule has 31 heavy (non-hydrogen) atoms. The fraction of sp³-hybridized carbons (Fsp3) is 0.0909. The Hall–Kier alpha value is -3.56. The van der Waals surface area contributed by atoms with Crippen molar-refractivity contribution in [3.8, 4) is 16.5 Å². The van der Waals surface area contributed by atoms with Crippen LogP contribution in [0.1, 0.15) is 16.0 Å². The molecule has 5 rings (SSSR count). The predicted octanol–water partition coefficient (Wildman–Crippen LogP) is 3.98. The fourth-order valence-corrected chi connectivity index (χ4v) is 5.26. The van der Waals surface area contributed by atoms with Crippen LogP contribution in [-0.4, -0.2) is 26.9 Å². The van der Waals surface area contributed by atoms with E-state index in [1.54, 1.807) is 23.5 Å². The molecule has 4 heterocycles. The first kappa shape index (κ1) is 19.4. The fourth-order valence-electron chi connectivity index (χ4n) is 3.39. The molecular weight excluding hydrogens is 432 g/mol. The molecule has 9 heteroatoms. The van der Waals surface area contributed by atoms with Crippen molar-refractivity contribution in [2.45, 2.75) is 13.3 Å². The predicted molar refractivity (Wildman–Crippen MR) is 121 cm³/mol. The highest BCUT2D eigenvalue weighted by molar-refractivity contribution is 7.19. The van der Waals surface area contributed by atoms with Gasteiger partial charge in [0.15, 0.2) is 5.82 Å². The number of anilines is 1. The van der Waals surface area contributed by atoms with Crippen LogP contribution in [0.25, 0.3) is 20.9 Å². The van der Waals surface area contributed by atoms with E-state index >= 15 is 0 Å². The number of benzene rings is 1. The lowest BCUT2D eigenvalue weighted by molar-refractivity contribution is -0.123. The number of thiophene rings is 2. The van der Waals surface area contributed by atoms with E-state index in [-0.39, 0.29) is 11.4 Å². The van der Waals surface area contributed by atoms with Crippen LogP contribution in [0, 0.1) is 6.92 Å². The van der Waals surface area contributed by atoms with E-state index in [9.17, 15) is 14.7 Å². The lowest BCUT2D eigenvalue weighted by Crippen LogP contribution is -2.24. The molecule has 4 aromatic rings. The Morgan fingerprint density at radius 1 is 1.13 bits per heavy atom. The molecule has 1 aliphatic rings. The molecule has 0 bridgehead atoms. The Kier molecular flexibility index (Phi) is 4.76. The molecular formula is C22H16N4O3S2. The lowest BCUT2D eigenvalue weighted by Gasteiger charge is -2.09. The maximum Gasteiger partial charge on any atom is 0.274 e. The Morgan fingerprint density at radius 2 is 1.94 bits per heavy atom. The zero-order valence-electron chi connectivity index (χ0n) is 16.3. The van der Waals surface area contributed by atoms with Gasteiger partial charge < -0.3 is 10.4 Å². The summed E-state index contributed by atoms with van der Waals surface area (Å²) in [6.45, 7) is 2.00. The number of aryl methyl sites for hydroxylation is 1. The van der Waals surface area contributed by atoms with E-state index in [2.05, 4.69) is 15.6 Å². The van der Waals surface area contributed by atoms with E-state index in [1.165, 1.54) is 17.4 Å². The minimum atomic E-state index is -0.480. The van der Waals surface area contributed by atoms with Gasteiger partial charge in [0.25, 0.3) is 11.8 Å². The van der Waals surface area contributed by atoms with Crippen molar-refractivity contribution in [2.75, 3.05) is 5.32 Å². The summed E-state index contributed by atoms with van der Waals surface area (Å²) in [7, 11) is 0. The number of amides is 2. The Morgan fingerprint density at radius 3 is 2.61 bits per heavy atom. The van der Waals surface area contributed by atoms with Crippen LogP contribution in [0.2, 0.25) is 0 Å². The van der Waals surface area contributed by atoms with Crippen molar-refractivity contribution in [3.05, 3.63) is 69.6 Å². The third-order valence-corrected chi connectivity index (χ3v) is 6.99. The standard InChI is InChI=1S/C22H16N4O3S2/c1-11-16(9-12-4-6-13(27)7-5-12)31-22-18(11)20(23-14-10-17(28)24-21(14)29)25-19(26-22)15-3-2-8-30-15/h2-8,10,27H,9H2,1H3,(H2,23,24,25,26,28,29). The van der Waals surface area contributed by atoms with Crippen molar-refractivity contribution in [1.29, 1.82) is 0 Å². The molecule has 7 nitrogen and oxygen atoms in total. The normalized spacial score (nSPS) is 13.5. The molecule has 0 spiro atoms. The number of phenols is 1. The molecule has 1 aromatic carbocycles. The van der Waals surface area contributed by atoms with Gasteiger partial charge in [-0.2, -0.15) is 0 Å². The summed E-state index contributed by atoms with van der Waals surface area (Å²) >= 11 is 3.10. The van der Waals surface area contributed by atoms with Gasteiger partial charge in [0.05, 0.1) is 10.3 Å². The molecule has 0 saturated carbocycles. The van der Waals surface area contributed by atoms with Gasteiger partial charge in [0.1, 0.15) is 22.1 Å². The largest absolute Gasteiger partial charge is 0.508 e. The number of phenolic OH excluding ortho intramolecular Hbond substituents is 1. The molecule has 3 N–H and O–H groups in total. The average Bonchev–Trinajstić information content (AvgIpc) is 3.45. The van der Waals surface area contributed by atoms with Gasteiger partial charge in [-0.25, -0.2) is 9.97 Å². The molecule has 2 amide bonds. The van der Waals surface area contributed by atoms with E-state index in [0.29, 0.717) is 18.1 Å². The number of carbonyl (C=O) groups is 2. The molecule has 0 unspecified atom stereocenters. The Balaban J connectivity index is 1.63. The third kappa shape index (κ3) is 3.69. The van der Waals surface area contributed by atoms with Crippen LogP contribution in [0.4, 0.5) is 5.82 Å². The van der Waals surface area contributed by atoms with E-state index in [1.807, 2.05) is 36.6 Å². The summed E-state index contributed by atoms with van der Waals surface area (Å²) in [5.41, 5.74) is 2.24. The van der Waals surface area contributed by atoms with Crippen LogP contribution in [0.3, 0.4) is 0 Å². The van der Waals surface area contributed by atoms with Crippen LogP contribution in [-0.2, 0) is 16.0 Å². The highest BCUT2D eigenvalue weighted by Gasteiger charge is 2.24. The van der Waals surface area contributed by atoms with Gasteiger partial charge in [-0.05, 0) is 41.6 Å². The topological polar surface area (TPSA) is 104 Å². The number of hydrogen-bond acceptors (Lipinski definition) is 8. The van der Waals surface area contributed by atoms with Crippen molar-refractivity contribution < 1.29 is 14.7 Å². The number of carbonyl (C=O) groups excluding carboxylic acids is 2. The zero-order valence-corrected chi connectivity index (χ0v) is 17.9. The van der Waals surface area contributed by atoms with Crippen LogP contribution in [0.15, 0.2) is 53.6 Å². The third-order valence-electron chi connectivity index (χ3n) is 4.94. The first-order valence-corrected chi connectivity index (χ1v) is 11.1. The number of aromatic hydroxyl groups is 1. The van der Waals surface area contributed by atoms with E-state index < -0.39 is 11.8 Å². The first-order valence-electron chi connectivity index (χ1n) is 9.44. The van der Waals surface area contributed by atoms with Crippen molar-refractivity contribution in [2.24, 2.45) is 0 Å². The lowest BCUT2D eigenvalue weighted by atomic mass is 10.1. The Labute approximate surface area is 185 Å². The molecule has 0 fully saturated rings. The van der Waals surface area contributed by atoms with E-state index in [4.69, 9.17) is 4.98 Å². The molecule has 0 saturated heterocycles. The number of rotatable bonds is 5. The SMILES string of the molecule is Cc1c(Cc2ccc(O)cc2)sc2nc(-c3cccs3)nc(NC3=CC(=O)NC3=O)c12. The highest BCUT2D eigenvalue weighted by atomic mass is 32.1. The molecule has 1 aliphatic heterocycles. The second kappa shape index (κ2) is 7.60. The average molecular weight is 449 g/mol. The number of aromatic nitrogens is 2. The molecule has 0 aliphatic carbocycles. The minimum Gasteiger partial charge on any atom is -0.508 e. The number of imide groups is 1. The van der Waals surface area contributed by atoms with Gasteiger partial charge in [-0.3, -0.25) is 14.9 Å². The summed E-state index contributed by atoms with van der Waals surface area (Å²) < 4.78 is 0.